The van der Waals surface area contributed by atoms with Crippen molar-refractivity contribution in [2.24, 2.45) is 0 Å². The maximum Gasteiger partial charge on any atom is 0.296 e. The molecule has 1 aliphatic rings. The number of Topliss-reactive ketones (excluding diaryl/α,β-unsaturated/α-hetero) is 1. The molecule has 1 atom stereocenters. The first kappa shape index (κ1) is 20.5. The minimum absolute atomic E-state index is 0.00364. The quantitative estimate of drug-likeness (QED) is 0.360. The summed E-state index contributed by atoms with van der Waals surface area (Å²) in [6.07, 6.45) is 0. The number of amides is 1. The van der Waals surface area contributed by atoms with Crippen LogP contribution in [-0.2, 0) is 16.1 Å². The number of aryl methyl sites for hydroxylation is 1. The van der Waals surface area contributed by atoms with E-state index in [-0.39, 0.29) is 17.9 Å². The lowest BCUT2D eigenvalue weighted by atomic mass is 9.99. The second-order valence-electron chi connectivity index (χ2n) is 7.32. The van der Waals surface area contributed by atoms with Crippen molar-refractivity contribution in [1.29, 1.82) is 0 Å². The molecule has 2 heterocycles. The summed E-state index contributed by atoms with van der Waals surface area (Å²) < 4.78 is 11.3. The summed E-state index contributed by atoms with van der Waals surface area (Å²) in [6, 6.07) is 18.9. The van der Waals surface area contributed by atoms with Crippen molar-refractivity contribution < 1.29 is 23.8 Å². The van der Waals surface area contributed by atoms with Crippen molar-refractivity contribution in [2.75, 3.05) is 6.61 Å². The van der Waals surface area contributed by atoms with E-state index in [0.29, 0.717) is 29.4 Å². The van der Waals surface area contributed by atoms with Crippen molar-refractivity contribution in [3.63, 3.8) is 0 Å². The zero-order valence-corrected chi connectivity index (χ0v) is 17.4. The summed E-state index contributed by atoms with van der Waals surface area (Å²) in [4.78, 5) is 27.5. The molecule has 6 nitrogen and oxygen atoms in total. The first-order valence-electron chi connectivity index (χ1n) is 10.1. The van der Waals surface area contributed by atoms with Gasteiger partial charge in [-0.25, -0.2) is 0 Å². The highest BCUT2D eigenvalue weighted by Gasteiger charge is 2.47. The third kappa shape index (κ3) is 3.97. The number of likely N-dealkylation sites (tertiary alicyclic amines) is 1. The Bertz CT molecular complexity index is 1150. The summed E-state index contributed by atoms with van der Waals surface area (Å²) in [5, 5.41) is 11.1. The van der Waals surface area contributed by atoms with Crippen LogP contribution in [0.4, 0.5) is 0 Å². The fourth-order valence-electron chi connectivity index (χ4n) is 3.77. The van der Waals surface area contributed by atoms with Crippen LogP contribution in [0.3, 0.4) is 0 Å². The molecule has 1 fully saturated rings. The molecule has 1 N–H and O–H groups in total. The summed E-state index contributed by atoms with van der Waals surface area (Å²) in [6.45, 7) is 4.34. The lowest BCUT2D eigenvalue weighted by molar-refractivity contribution is -0.140. The minimum atomic E-state index is -0.829. The molecule has 3 aromatic rings. The Kier molecular flexibility index (Phi) is 5.62. The van der Waals surface area contributed by atoms with E-state index < -0.39 is 17.7 Å². The zero-order valence-electron chi connectivity index (χ0n) is 17.4. The van der Waals surface area contributed by atoms with Crippen LogP contribution in [-0.4, -0.2) is 28.3 Å². The molecule has 0 radical (unpaired) electrons. The second-order valence-corrected chi connectivity index (χ2v) is 7.32. The molecule has 4 rings (SSSR count). The van der Waals surface area contributed by atoms with Gasteiger partial charge in [-0.15, -0.1) is 0 Å². The molecule has 1 unspecified atom stereocenters. The fraction of sp³-hybridized carbons (Fsp3) is 0.200. The van der Waals surface area contributed by atoms with Crippen molar-refractivity contribution in [3.8, 4) is 5.75 Å². The largest absolute Gasteiger partial charge is 0.507 e. The van der Waals surface area contributed by atoms with Crippen molar-refractivity contribution in [2.45, 2.75) is 26.4 Å². The Labute approximate surface area is 180 Å². The molecule has 1 saturated heterocycles. The number of rotatable bonds is 6. The van der Waals surface area contributed by atoms with Gasteiger partial charge in [0, 0.05) is 12.1 Å². The Morgan fingerprint density at radius 1 is 1.06 bits per heavy atom. The third-order valence-corrected chi connectivity index (χ3v) is 5.18. The number of nitrogens with zero attached hydrogens (tertiary/aromatic N) is 1. The van der Waals surface area contributed by atoms with Crippen LogP contribution in [0, 0.1) is 6.92 Å². The molecule has 1 amide bonds. The van der Waals surface area contributed by atoms with E-state index in [2.05, 4.69) is 0 Å². The molecule has 0 saturated carbocycles. The second kappa shape index (κ2) is 8.52. The van der Waals surface area contributed by atoms with Gasteiger partial charge in [0.25, 0.3) is 11.7 Å². The highest BCUT2D eigenvalue weighted by Crippen LogP contribution is 2.41. The van der Waals surface area contributed by atoms with Gasteiger partial charge in [-0.2, -0.15) is 0 Å². The van der Waals surface area contributed by atoms with E-state index in [1.807, 2.05) is 37.3 Å². The average molecular weight is 417 g/mol. The van der Waals surface area contributed by atoms with Gasteiger partial charge in [0.15, 0.2) is 0 Å². The van der Waals surface area contributed by atoms with Crippen LogP contribution in [0.25, 0.3) is 5.76 Å². The first-order valence-corrected chi connectivity index (χ1v) is 10.1. The van der Waals surface area contributed by atoms with Gasteiger partial charge in [0.1, 0.15) is 29.1 Å². The van der Waals surface area contributed by atoms with Crippen LogP contribution in [0.15, 0.2) is 76.7 Å². The van der Waals surface area contributed by atoms with Crippen LogP contribution in [0.2, 0.25) is 0 Å². The van der Waals surface area contributed by atoms with Crippen molar-refractivity contribution in [1.82, 2.24) is 4.90 Å². The number of ketones is 1. The number of aliphatic hydroxyl groups excluding tert-OH is 1. The molecule has 6 heteroatoms. The van der Waals surface area contributed by atoms with E-state index >= 15 is 0 Å². The van der Waals surface area contributed by atoms with Crippen LogP contribution >= 0.6 is 0 Å². The van der Waals surface area contributed by atoms with Gasteiger partial charge in [-0.05, 0) is 43.7 Å². The smallest absolute Gasteiger partial charge is 0.296 e. The lowest BCUT2D eigenvalue weighted by Crippen LogP contribution is -2.29. The molecule has 0 bridgehead atoms. The molecule has 0 spiro atoms. The van der Waals surface area contributed by atoms with Crippen LogP contribution in [0.1, 0.15) is 35.6 Å². The van der Waals surface area contributed by atoms with Gasteiger partial charge in [-0.1, -0.05) is 42.5 Å². The van der Waals surface area contributed by atoms with Crippen LogP contribution < -0.4 is 4.74 Å². The zero-order chi connectivity index (χ0) is 22.0. The standard InChI is InChI=1S/C25H23NO5/c1-3-30-19-11-7-10-18(14-19)23(27)21-22(20-13-12-16(2)31-20)26(25(29)24(21)28)15-17-8-5-4-6-9-17/h4-14,22,27H,3,15H2,1-2H3/b23-21+. The van der Waals surface area contributed by atoms with E-state index in [4.69, 9.17) is 9.15 Å². The minimum Gasteiger partial charge on any atom is -0.507 e. The maximum absolute atomic E-state index is 13.0. The number of furan rings is 1. The molecule has 0 aliphatic carbocycles. The number of hydrogen-bond acceptors (Lipinski definition) is 5. The molecule has 158 valence electrons. The van der Waals surface area contributed by atoms with Crippen molar-refractivity contribution >= 4 is 17.4 Å². The number of benzene rings is 2. The molecular weight excluding hydrogens is 394 g/mol. The summed E-state index contributed by atoms with van der Waals surface area (Å²) in [5.74, 6) is -0.0292. The molecule has 2 aromatic carbocycles. The first-order chi connectivity index (χ1) is 15.0. The molecule has 31 heavy (non-hydrogen) atoms. The van der Waals surface area contributed by atoms with Gasteiger partial charge in [0.2, 0.25) is 0 Å². The highest BCUT2D eigenvalue weighted by atomic mass is 16.5. The highest BCUT2D eigenvalue weighted by molar-refractivity contribution is 6.46. The predicted octanol–water partition coefficient (Wildman–Crippen LogP) is 4.61. The van der Waals surface area contributed by atoms with Crippen LogP contribution in [0.5, 0.6) is 5.75 Å². The molecule has 1 aromatic heterocycles. The Balaban J connectivity index is 1.83. The Morgan fingerprint density at radius 2 is 1.84 bits per heavy atom. The Morgan fingerprint density at radius 3 is 2.52 bits per heavy atom. The van der Waals surface area contributed by atoms with Gasteiger partial charge >= 0.3 is 0 Å². The number of carbonyl (C=O) groups is 2. The van der Waals surface area contributed by atoms with Gasteiger partial charge < -0.3 is 19.2 Å². The summed E-state index contributed by atoms with van der Waals surface area (Å²) in [5.41, 5.74) is 1.27. The van der Waals surface area contributed by atoms with Crippen molar-refractivity contribution in [3.05, 3.63) is 95.0 Å². The van der Waals surface area contributed by atoms with Gasteiger partial charge in [0.05, 0.1) is 12.2 Å². The lowest BCUT2D eigenvalue weighted by Gasteiger charge is -2.23. The molecule has 1 aliphatic heterocycles. The Hall–Kier alpha value is -3.80. The number of carbonyl (C=O) groups excluding carboxylic acids is 2. The molecular formula is C25H23NO5. The maximum atomic E-state index is 13.0. The summed E-state index contributed by atoms with van der Waals surface area (Å²) in [7, 11) is 0. The number of ether oxygens (including phenoxy) is 1. The summed E-state index contributed by atoms with van der Waals surface area (Å²) >= 11 is 0. The van der Waals surface area contributed by atoms with Gasteiger partial charge in [-0.3, -0.25) is 9.59 Å². The fourth-order valence-corrected chi connectivity index (χ4v) is 3.77. The monoisotopic (exact) mass is 417 g/mol. The normalized spacial score (nSPS) is 17.9. The predicted molar refractivity (Wildman–Crippen MR) is 115 cm³/mol. The number of hydrogen-bond donors (Lipinski definition) is 1. The van der Waals surface area contributed by atoms with E-state index in [1.165, 1.54) is 4.90 Å². The topological polar surface area (TPSA) is 80.0 Å². The van der Waals surface area contributed by atoms with E-state index in [9.17, 15) is 14.7 Å². The average Bonchev–Trinajstić information content (AvgIpc) is 3.31. The van der Waals surface area contributed by atoms with E-state index in [1.54, 1.807) is 43.3 Å². The number of aliphatic hydroxyl groups is 1. The SMILES string of the molecule is CCOc1cccc(/C(O)=C2\C(=O)C(=O)N(Cc3ccccc3)C2c2ccc(C)o2)c1. The van der Waals surface area contributed by atoms with E-state index in [0.717, 1.165) is 5.56 Å². The third-order valence-electron chi connectivity index (χ3n) is 5.18.